The van der Waals surface area contributed by atoms with Gasteiger partial charge in [0.15, 0.2) is 0 Å². The quantitative estimate of drug-likeness (QED) is 0.520. The van der Waals surface area contributed by atoms with E-state index in [1.807, 2.05) is 0 Å². The molecule has 0 amide bonds. The topological polar surface area (TPSA) is 21.3 Å². The molecule has 0 spiro atoms. The van der Waals surface area contributed by atoms with Crippen LogP contribution in [0.5, 0.6) is 0 Å². The molecular formula is C16H33NO. The van der Waals surface area contributed by atoms with Crippen LogP contribution in [0.1, 0.15) is 72.1 Å². The first-order valence-corrected chi connectivity index (χ1v) is 8.03. The molecule has 0 unspecified atom stereocenters. The summed E-state index contributed by atoms with van der Waals surface area (Å²) in [5.74, 6) is 0.747. The number of rotatable bonds is 8. The largest absolute Gasteiger partial charge is 0.374 e. The van der Waals surface area contributed by atoms with E-state index in [0.29, 0.717) is 0 Å². The molecular weight excluding hydrogens is 222 g/mol. The van der Waals surface area contributed by atoms with E-state index < -0.39 is 0 Å². The maximum Gasteiger partial charge on any atom is 0.0806 e. The Hall–Kier alpha value is -0.0800. The highest BCUT2D eigenvalue weighted by Crippen LogP contribution is 2.30. The zero-order valence-corrected chi connectivity index (χ0v) is 12.8. The predicted molar refractivity (Wildman–Crippen MR) is 79.0 cm³/mol. The zero-order chi connectivity index (χ0) is 13.3. The smallest absolute Gasteiger partial charge is 0.0806 e. The van der Waals surface area contributed by atoms with E-state index in [2.05, 4.69) is 26.1 Å². The first-order valence-electron chi connectivity index (χ1n) is 8.03. The van der Waals surface area contributed by atoms with Gasteiger partial charge in [-0.25, -0.2) is 0 Å². The van der Waals surface area contributed by atoms with Crippen LogP contribution < -0.4 is 5.32 Å². The van der Waals surface area contributed by atoms with Crippen LogP contribution in [-0.4, -0.2) is 25.3 Å². The molecule has 108 valence electrons. The lowest BCUT2D eigenvalue weighted by Crippen LogP contribution is -2.43. The summed E-state index contributed by atoms with van der Waals surface area (Å²) in [7, 11) is 0. The molecule has 2 heteroatoms. The van der Waals surface area contributed by atoms with Gasteiger partial charge in [0.2, 0.25) is 0 Å². The molecule has 0 aliphatic heterocycles. The zero-order valence-electron chi connectivity index (χ0n) is 12.8. The molecule has 0 radical (unpaired) electrons. The maximum atomic E-state index is 6.35. The van der Waals surface area contributed by atoms with Crippen LogP contribution in [0, 0.1) is 5.92 Å². The fourth-order valence-electron chi connectivity index (χ4n) is 2.75. The molecule has 1 rings (SSSR count). The molecule has 0 atom stereocenters. The SMILES string of the molecule is CCCNCC1(OCCC(C)C)CCCCCC1. The van der Waals surface area contributed by atoms with Gasteiger partial charge < -0.3 is 10.1 Å². The molecule has 0 heterocycles. The summed E-state index contributed by atoms with van der Waals surface area (Å²) in [6, 6.07) is 0. The Morgan fingerprint density at radius 3 is 2.33 bits per heavy atom. The number of hydrogen-bond acceptors (Lipinski definition) is 2. The van der Waals surface area contributed by atoms with Gasteiger partial charge in [-0.2, -0.15) is 0 Å². The lowest BCUT2D eigenvalue weighted by atomic mass is 9.93. The second-order valence-corrected chi connectivity index (χ2v) is 6.30. The van der Waals surface area contributed by atoms with Crippen molar-refractivity contribution in [3.05, 3.63) is 0 Å². The second-order valence-electron chi connectivity index (χ2n) is 6.30. The van der Waals surface area contributed by atoms with E-state index in [-0.39, 0.29) is 5.60 Å². The van der Waals surface area contributed by atoms with Gasteiger partial charge >= 0.3 is 0 Å². The van der Waals surface area contributed by atoms with Gasteiger partial charge in [-0.05, 0) is 38.1 Å². The second kappa shape index (κ2) is 8.92. The molecule has 1 aliphatic carbocycles. The fourth-order valence-corrected chi connectivity index (χ4v) is 2.75. The molecule has 18 heavy (non-hydrogen) atoms. The fraction of sp³-hybridized carbons (Fsp3) is 1.00. The van der Waals surface area contributed by atoms with Crippen molar-refractivity contribution in [2.24, 2.45) is 5.92 Å². The number of hydrogen-bond donors (Lipinski definition) is 1. The van der Waals surface area contributed by atoms with Gasteiger partial charge in [0.25, 0.3) is 0 Å². The van der Waals surface area contributed by atoms with Crippen LogP contribution in [0.4, 0.5) is 0 Å². The lowest BCUT2D eigenvalue weighted by molar-refractivity contribution is -0.0583. The minimum absolute atomic E-state index is 0.139. The third-order valence-electron chi connectivity index (χ3n) is 3.99. The van der Waals surface area contributed by atoms with Crippen LogP contribution >= 0.6 is 0 Å². The van der Waals surface area contributed by atoms with Crippen LogP contribution in [0.3, 0.4) is 0 Å². The van der Waals surface area contributed by atoms with Crippen LogP contribution in [0.2, 0.25) is 0 Å². The van der Waals surface area contributed by atoms with Crippen LogP contribution in [0.25, 0.3) is 0 Å². The minimum atomic E-state index is 0.139. The Balaban J connectivity index is 2.43. The Labute approximate surface area is 114 Å². The van der Waals surface area contributed by atoms with E-state index in [4.69, 9.17) is 4.74 Å². The van der Waals surface area contributed by atoms with Crippen molar-refractivity contribution in [2.45, 2.75) is 77.7 Å². The van der Waals surface area contributed by atoms with Gasteiger partial charge in [0.05, 0.1) is 5.60 Å². The summed E-state index contributed by atoms with van der Waals surface area (Å²) < 4.78 is 6.35. The first-order chi connectivity index (χ1) is 8.68. The maximum absolute atomic E-state index is 6.35. The molecule has 0 aromatic rings. The molecule has 0 aromatic carbocycles. The van der Waals surface area contributed by atoms with Crippen molar-refractivity contribution in [3.8, 4) is 0 Å². The average molecular weight is 255 g/mol. The highest BCUT2D eigenvalue weighted by Gasteiger charge is 2.31. The van der Waals surface area contributed by atoms with Gasteiger partial charge in [0.1, 0.15) is 0 Å². The summed E-state index contributed by atoms with van der Waals surface area (Å²) in [5, 5.41) is 3.59. The number of ether oxygens (including phenoxy) is 1. The van der Waals surface area contributed by atoms with E-state index in [9.17, 15) is 0 Å². The minimum Gasteiger partial charge on any atom is -0.374 e. The standard InChI is InChI=1S/C16H33NO/c1-4-12-17-14-16(18-13-9-15(2)3)10-7-5-6-8-11-16/h15,17H,4-14H2,1-3H3. The van der Waals surface area contributed by atoms with Gasteiger partial charge in [-0.3, -0.25) is 0 Å². The molecule has 1 fully saturated rings. The summed E-state index contributed by atoms with van der Waals surface area (Å²) in [6.45, 7) is 9.89. The van der Waals surface area contributed by atoms with Crippen molar-refractivity contribution in [2.75, 3.05) is 19.7 Å². The van der Waals surface area contributed by atoms with Gasteiger partial charge in [-0.1, -0.05) is 46.5 Å². The van der Waals surface area contributed by atoms with E-state index in [1.54, 1.807) is 0 Å². The van der Waals surface area contributed by atoms with Crippen molar-refractivity contribution >= 4 is 0 Å². The summed E-state index contributed by atoms with van der Waals surface area (Å²) >= 11 is 0. The van der Waals surface area contributed by atoms with Crippen molar-refractivity contribution in [1.82, 2.24) is 5.32 Å². The summed E-state index contributed by atoms with van der Waals surface area (Å²) in [6.07, 6.45) is 10.4. The summed E-state index contributed by atoms with van der Waals surface area (Å²) in [5.41, 5.74) is 0.139. The Kier molecular flexibility index (Phi) is 7.92. The van der Waals surface area contributed by atoms with Crippen LogP contribution in [0.15, 0.2) is 0 Å². The third-order valence-corrected chi connectivity index (χ3v) is 3.99. The predicted octanol–water partition coefficient (Wildman–Crippen LogP) is 4.14. The molecule has 0 saturated heterocycles. The third kappa shape index (κ3) is 6.19. The Bertz CT molecular complexity index is 195. The summed E-state index contributed by atoms with van der Waals surface area (Å²) in [4.78, 5) is 0. The van der Waals surface area contributed by atoms with Crippen LogP contribution in [-0.2, 0) is 4.74 Å². The molecule has 0 aromatic heterocycles. The van der Waals surface area contributed by atoms with Gasteiger partial charge in [0, 0.05) is 13.2 Å². The van der Waals surface area contributed by atoms with Crippen molar-refractivity contribution in [3.63, 3.8) is 0 Å². The first kappa shape index (κ1) is 16.0. The molecule has 1 N–H and O–H groups in total. The Morgan fingerprint density at radius 1 is 1.11 bits per heavy atom. The van der Waals surface area contributed by atoms with Gasteiger partial charge in [-0.15, -0.1) is 0 Å². The lowest BCUT2D eigenvalue weighted by Gasteiger charge is -2.34. The monoisotopic (exact) mass is 255 g/mol. The molecule has 0 bridgehead atoms. The average Bonchev–Trinajstić information content (AvgIpc) is 2.55. The number of nitrogens with one attached hydrogen (secondary N) is 1. The van der Waals surface area contributed by atoms with E-state index in [1.165, 1.54) is 51.4 Å². The molecule has 1 aliphatic rings. The Morgan fingerprint density at radius 2 is 1.78 bits per heavy atom. The molecule has 1 saturated carbocycles. The van der Waals surface area contributed by atoms with Crippen molar-refractivity contribution < 1.29 is 4.74 Å². The van der Waals surface area contributed by atoms with E-state index >= 15 is 0 Å². The highest BCUT2D eigenvalue weighted by atomic mass is 16.5. The normalized spacial score (nSPS) is 20.0. The van der Waals surface area contributed by atoms with E-state index in [0.717, 1.165) is 25.6 Å². The molecule has 2 nitrogen and oxygen atoms in total. The van der Waals surface area contributed by atoms with Crippen molar-refractivity contribution in [1.29, 1.82) is 0 Å². The highest BCUT2D eigenvalue weighted by molar-refractivity contribution is 4.85.